The SMILES string of the molecule is CN1CCN(c2cc(Cl)cc(C(=O)/C=C/c3ccc(/C=C/C(=O)O)nc3)c2)CC1.O=C(O)C(F)(F)F.O=C(O)C(F)(F)F. The van der Waals surface area contributed by atoms with E-state index >= 15 is 0 Å². The summed E-state index contributed by atoms with van der Waals surface area (Å²) >= 11 is 6.26. The molecule has 1 aliphatic heterocycles. The number of rotatable bonds is 6. The largest absolute Gasteiger partial charge is 0.490 e. The minimum Gasteiger partial charge on any atom is -0.478 e. The molecular weight excluding hydrogens is 616 g/mol. The summed E-state index contributed by atoms with van der Waals surface area (Å²) in [6.07, 6.45) is -2.98. The zero-order chi connectivity index (χ0) is 33.0. The molecule has 0 atom stereocenters. The standard InChI is InChI=1S/C22H22ClN3O3.2C2HF3O2/c1-25-8-10-26(11-9-25)20-13-17(12-18(23)14-20)21(27)6-3-16-2-4-19(24-15-16)5-7-22(28)29;2*3-2(4,5)1(6)7/h2-7,12-15H,8-11H2,1H3,(H,28,29);2*(H,6,7)/b6-3+,7-5+;;. The van der Waals surface area contributed by atoms with Gasteiger partial charge in [-0.3, -0.25) is 9.78 Å². The van der Waals surface area contributed by atoms with E-state index < -0.39 is 30.3 Å². The second kappa shape index (κ2) is 16.3. The number of hydrogen-bond acceptors (Lipinski definition) is 7. The fraction of sp³-hybridized carbons (Fsp3) is 0.269. The number of halogens is 7. The van der Waals surface area contributed by atoms with Crippen LogP contribution in [-0.4, -0.2) is 94.5 Å². The van der Waals surface area contributed by atoms with E-state index in [1.54, 1.807) is 30.5 Å². The van der Waals surface area contributed by atoms with Gasteiger partial charge in [-0.05, 0) is 55.1 Å². The Hall–Kier alpha value is -4.44. The molecule has 10 nitrogen and oxygen atoms in total. The van der Waals surface area contributed by atoms with Crippen LogP contribution in [0.5, 0.6) is 0 Å². The molecule has 1 aromatic carbocycles. The number of carbonyl (C=O) groups is 4. The van der Waals surface area contributed by atoms with E-state index in [9.17, 15) is 35.9 Å². The van der Waals surface area contributed by atoms with Crippen molar-refractivity contribution in [2.24, 2.45) is 0 Å². The number of carboxylic acid groups (broad SMARTS) is 3. The van der Waals surface area contributed by atoms with Gasteiger partial charge in [0.25, 0.3) is 0 Å². The molecule has 234 valence electrons. The molecule has 3 N–H and O–H groups in total. The van der Waals surface area contributed by atoms with Gasteiger partial charge in [0.15, 0.2) is 5.78 Å². The molecule has 2 aromatic rings. The Bertz CT molecular complexity index is 1310. The Morgan fingerprint density at radius 2 is 1.37 bits per heavy atom. The zero-order valence-electron chi connectivity index (χ0n) is 22.1. The van der Waals surface area contributed by atoms with Crippen LogP contribution >= 0.6 is 11.6 Å². The number of carboxylic acids is 3. The van der Waals surface area contributed by atoms with Crippen LogP contribution < -0.4 is 4.90 Å². The summed E-state index contributed by atoms with van der Waals surface area (Å²) in [4.78, 5) is 49.6. The van der Waals surface area contributed by atoms with Crippen LogP contribution in [0, 0.1) is 0 Å². The molecule has 1 saturated heterocycles. The summed E-state index contributed by atoms with van der Waals surface area (Å²) in [5.74, 6) is -6.68. The predicted molar refractivity (Wildman–Crippen MR) is 143 cm³/mol. The van der Waals surface area contributed by atoms with Crippen molar-refractivity contribution in [1.82, 2.24) is 9.88 Å². The van der Waals surface area contributed by atoms with Gasteiger partial charge in [0, 0.05) is 54.7 Å². The van der Waals surface area contributed by atoms with Crippen molar-refractivity contribution in [3.8, 4) is 0 Å². The van der Waals surface area contributed by atoms with Crippen molar-refractivity contribution in [3.63, 3.8) is 0 Å². The second-order valence-corrected chi connectivity index (χ2v) is 8.92. The molecule has 3 rings (SSSR count). The van der Waals surface area contributed by atoms with Crippen LogP contribution in [0.2, 0.25) is 5.02 Å². The van der Waals surface area contributed by atoms with Gasteiger partial charge in [-0.15, -0.1) is 0 Å². The van der Waals surface area contributed by atoms with E-state index in [1.807, 2.05) is 12.1 Å². The molecule has 0 spiro atoms. The van der Waals surface area contributed by atoms with Gasteiger partial charge in [-0.2, -0.15) is 26.3 Å². The summed E-state index contributed by atoms with van der Waals surface area (Å²) in [5.41, 5.74) is 2.77. The molecule has 1 fully saturated rings. The molecule has 1 aliphatic rings. The van der Waals surface area contributed by atoms with Crippen molar-refractivity contribution in [1.29, 1.82) is 0 Å². The lowest BCUT2D eigenvalue weighted by atomic mass is 10.1. The van der Waals surface area contributed by atoms with Gasteiger partial charge >= 0.3 is 30.3 Å². The zero-order valence-corrected chi connectivity index (χ0v) is 22.8. The first kappa shape index (κ1) is 36.6. The van der Waals surface area contributed by atoms with Crippen molar-refractivity contribution in [2.75, 3.05) is 38.1 Å². The van der Waals surface area contributed by atoms with Crippen molar-refractivity contribution in [2.45, 2.75) is 12.4 Å². The summed E-state index contributed by atoms with van der Waals surface area (Å²) in [7, 11) is 2.10. The highest BCUT2D eigenvalue weighted by molar-refractivity contribution is 6.31. The highest BCUT2D eigenvalue weighted by atomic mass is 35.5. The number of ketones is 1. The number of allylic oxidation sites excluding steroid dienone is 1. The van der Waals surface area contributed by atoms with E-state index in [0.29, 0.717) is 16.3 Å². The van der Waals surface area contributed by atoms with Crippen molar-refractivity contribution < 1.29 is 60.8 Å². The maximum Gasteiger partial charge on any atom is 0.490 e. The maximum absolute atomic E-state index is 12.6. The summed E-state index contributed by atoms with van der Waals surface area (Å²) < 4.78 is 63.5. The number of benzene rings is 1. The van der Waals surface area contributed by atoms with Crippen LogP contribution in [0.1, 0.15) is 21.6 Å². The monoisotopic (exact) mass is 639 g/mol. The number of anilines is 1. The number of pyridine rings is 1. The Morgan fingerprint density at radius 1 is 0.837 bits per heavy atom. The summed E-state index contributed by atoms with van der Waals surface area (Å²) in [6.45, 7) is 3.74. The molecule has 0 radical (unpaired) electrons. The number of likely N-dealkylation sites (N-methyl/N-ethyl adjacent to an activating group) is 1. The molecule has 0 unspecified atom stereocenters. The molecule has 43 heavy (non-hydrogen) atoms. The lowest BCUT2D eigenvalue weighted by Gasteiger charge is -2.34. The number of hydrogen-bond donors (Lipinski definition) is 3. The minimum absolute atomic E-state index is 0.141. The Labute approximate surface area is 245 Å². The number of nitrogens with zero attached hydrogens (tertiary/aromatic N) is 3. The smallest absolute Gasteiger partial charge is 0.478 e. The average Bonchev–Trinajstić information content (AvgIpc) is 2.90. The second-order valence-electron chi connectivity index (χ2n) is 8.48. The van der Waals surface area contributed by atoms with Gasteiger partial charge in [-0.25, -0.2) is 14.4 Å². The highest BCUT2D eigenvalue weighted by Gasteiger charge is 2.38. The van der Waals surface area contributed by atoms with Crippen molar-refractivity contribution in [3.05, 3.63) is 70.5 Å². The summed E-state index contributed by atoms with van der Waals surface area (Å²) in [5, 5.41) is 23.4. The lowest BCUT2D eigenvalue weighted by molar-refractivity contribution is -0.193. The van der Waals surface area contributed by atoms with Crippen LogP contribution in [0.25, 0.3) is 12.2 Å². The van der Waals surface area contributed by atoms with Crippen molar-refractivity contribution >= 4 is 53.1 Å². The van der Waals surface area contributed by atoms with Gasteiger partial charge in [0.1, 0.15) is 0 Å². The third-order valence-corrected chi connectivity index (χ3v) is 5.37. The van der Waals surface area contributed by atoms with Crippen LogP contribution in [0.15, 0.2) is 48.7 Å². The first-order valence-corrected chi connectivity index (χ1v) is 12.1. The molecule has 1 aromatic heterocycles. The van der Waals surface area contributed by atoms with E-state index in [2.05, 4.69) is 21.8 Å². The maximum atomic E-state index is 12.6. The highest BCUT2D eigenvalue weighted by Crippen LogP contribution is 2.24. The predicted octanol–water partition coefficient (Wildman–Crippen LogP) is 4.75. The number of aliphatic carboxylic acids is 3. The number of piperazine rings is 1. The lowest BCUT2D eigenvalue weighted by Crippen LogP contribution is -2.44. The minimum atomic E-state index is -5.08. The van der Waals surface area contributed by atoms with Gasteiger partial charge in [0.05, 0.1) is 5.69 Å². The van der Waals surface area contributed by atoms with Crippen LogP contribution in [0.4, 0.5) is 32.0 Å². The first-order chi connectivity index (χ1) is 19.8. The first-order valence-electron chi connectivity index (χ1n) is 11.7. The molecule has 0 amide bonds. The number of alkyl halides is 6. The molecule has 17 heteroatoms. The molecule has 0 saturated carbocycles. The molecule has 0 aliphatic carbocycles. The quantitative estimate of drug-likeness (QED) is 0.230. The Kier molecular flexibility index (Phi) is 13.8. The molecule has 2 heterocycles. The fourth-order valence-electron chi connectivity index (χ4n) is 3.00. The van der Waals surface area contributed by atoms with Gasteiger partial charge in [0.2, 0.25) is 0 Å². The Morgan fingerprint density at radius 3 is 1.81 bits per heavy atom. The number of aromatic nitrogens is 1. The van der Waals surface area contributed by atoms with E-state index in [1.165, 1.54) is 12.2 Å². The fourth-order valence-corrected chi connectivity index (χ4v) is 3.23. The van der Waals surface area contributed by atoms with E-state index in [0.717, 1.165) is 43.5 Å². The normalized spacial score (nSPS) is 14.0. The number of carbonyl (C=O) groups excluding carboxylic acids is 1. The van der Waals surface area contributed by atoms with E-state index in [4.69, 9.17) is 36.5 Å². The van der Waals surface area contributed by atoms with E-state index in [-0.39, 0.29) is 5.78 Å². The Balaban J connectivity index is 0.000000548. The third-order valence-electron chi connectivity index (χ3n) is 5.15. The average molecular weight is 640 g/mol. The van der Waals surface area contributed by atoms with Crippen LogP contribution in [-0.2, 0) is 14.4 Å². The molecule has 0 bridgehead atoms. The third kappa shape index (κ3) is 14.3. The van der Waals surface area contributed by atoms with Gasteiger partial charge < -0.3 is 25.1 Å². The van der Waals surface area contributed by atoms with Crippen LogP contribution in [0.3, 0.4) is 0 Å². The summed E-state index contributed by atoms with van der Waals surface area (Å²) in [6, 6.07) is 8.90. The molecular formula is C26H24ClF6N3O7. The topological polar surface area (TPSA) is 148 Å². The van der Waals surface area contributed by atoms with Gasteiger partial charge in [-0.1, -0.05) is 17.7 Å².